The molecule has 4 rings (SSSR count). The molecule has 2 heterocycles. The van der Waals surface area contributed by atoms with Gasteiger partial charge in [0.25, 0.3) is 5.91 Å². The molecule has 0 aliphatic heterocycles. The van der Waals surface area contributed by atoms with E-state index in [1.54, 1.807) is 12.1 Å². The predicted octanol–water partition coefficient (Wildman–Crippen LogP) is 4.03. The van der Waals surface area contributed by atoms with Crippen molar-refractivity contribution in [2.24, 2.45) is 0 Å². The molecule has 3 aromatic rings. The Morgan fingerprint density at radius 2 is 1.79 bits per heavy atom. The van der Waals surface area contributed by atoms with E-state index in [1.807, 2.05) is 12.1 Å². The molecule has 2 N–H and O–H groups in total. The molecule has 0 saturated heterocycles. The van der Waals surface area contributed by atoms with Gasteiger partial charge in [-0.25, -0.2) is 9.78 Å². The summed E-state index contributed by atoms with van der Waals surface area (Å²) in [6, 6.07) is 9.34. The smallest absolute Gasteiger partial charge is 0.307 e. The first kappa shape index (κ1) is 19.1. The standard InChI is InChI=1S/C22H24N4O3/c1-21(2)9-10-22(3,4)16-11-13(5-7-15(16)21)19(27)24-17-8-6-14(12-23-17)18-25-20(28)29-26-18/h5-8,11-12H,9-10H2,1-4H3,(H,23,24,27)(H,25,26,28). The van der Waals surface area contributed by atoms with Crippen LogP contribution in [0.25, 0.3) is 11.4 Å². The molecule has 150 valence electrons. The number of carbonyl (C=O) groups is 1. The molecule has 1 amide bonds. The van der Waals surface area contributed by atoms with Gasteiger partial charge in [0.05, 0.1) is 0 Å². The largest absolute Gasteiger partial charge is 0.439 e. The molecule has 0 spiro atoms. The van der Waals surface area contributed by atoms with E-state index in [2.05, 4.69) is 58.7 Å². The number of rotatable bonds is 3. The van der Waals surface area contributed by atoms with Crippen molar-refractivity contribution < 1.29 is 9.32 Å². The molecule has 1 aliphatic rings. The second kappa shape index (κ2) is 6.69. The van der Waals surface area contributed by atoms with E-state index >= 15 is 0 Å². The van der Waals surface area contributed by atoms with Gasteiger partial charge in [0.15, 0.2) is 5.82 Å². The summed E-state index contributed by atoms with van der Waals surface area (Å²) in [5, 5.41) is 6.45. The van der Waals surface area contributed by atoms with Gasteiger partial charge in [-0.1, -0.05) is 38.9 Å². The third-order valence-corrected chi connectivity index (χ3v) is 5.83. The van der Waals surface area contributed by atoms with Gasteiger partial charge in [0, 0.05) is 17.3 Å². The molecule has 7 nitrogen and oxygen atoms in total. The van der Waals surface area contributed by atoms with Crippen molar-refractivity contribution in [1.82, 2.24) is 15.1 Å². The molecule has 0 unspecified atom stereocenters. The Labute approximate surface area is 168 Å². The van der Waals surface area contributed by atoms with Crippen LogP contribution in [0.4, 0.5) is 5.82 Å². The summed E-state index contributed by atoms with van der Waals surface area (Å²) < 4.78 is 4.49. The molecular formula is C22H24N4O3. The Kier molecular flexibility index (Phi) is 4.41. The number of aromatic amines is 1. The molecule has 1 aliphatic carbocycles. The lowest BCUT2D eigenvalue weighted by Crippen LogP contribution is -2.34. The van der Waals surface area contributed by atoms with Crippen LogP contribution in [0.5, 0.6) is 0 Å². The molecule has 29 heavy (non-hydrogen) atoms. The number of amides is 1. The number of H-pyrrole nitrogens is 1. The quantitative estimate of drug-likeness (QED) is 0.701. The Hall–Kier alpha value is -3.22. The number of carbonyl (C=O) groups excluding carboxylic acids is 1. The first-order valence-electron chi connectivity index (χ1n) is 9.64. The second-order valence-electron chi connectivity index (χ2n) is 8.86. The third kappa shape index (κ3) is 3.60. The highest BCUT2D eigenvalue weighted by atomic mass is 16.5. The van der Waals surface area contributed by atoms with Crippen molar-refractivity contribution >= 4 is 11.7 Å². The topological polar surface area (TPSA) is 101 Å². The van der Waals surface area contributed by atoms with Crippen molar-refractivity contribution in [2.45, 2.75) is 51.4 Å². The number of fused-ring (bicyclic) bond motifs is 1. The number of benzene rings is 1. The number of hydrogen-bond donors (Lipinski definition) is 2. The summed E-state index contributed by atoms with van der Waals surface area (Å²) in [6.45, 7) is 8.98. The summed E-state index contributed by atoms with van der Waals surface area (Å²) >= 11 is 0. The number of hydrogen-bond acceptors (Lipinski definition) is 5. The fraction of sp³-hybridized carbons (Fsp3) is 0.364. The molecule has 0 bridgehead atoms. The maximum Gasteiger partial charge on any atom is 0.439 e. The van der Waals surface area contributed by atoms with Gasteiger partial charge in [-0.3, -0.25) is 14.3 Å². The first-order valence-corrected chi connectivity index (χ1v) is 9.64. The van der Waals surface area contributed by atoms with Crippen LogP contribution in [0.15, 0.2) is 45.8 Å². The van der Waals surface area contributed by atoms with Crippen LogP contribution >= 0.6 is 0 Å². The van der Waals surface area contributed by atoms with E-state index in [9.17, 15) is 9.59 Å². The van der Waals surface area contributed by atoms with E-state index in [-0.39, 0.29) is 16.7 Å². The van der Waals surface area contributed by atoms with Gasteiger partial charge < -0.3 is 5.32 Å². The lowest BCUT2D eigenvalue weighted by atomic mass is 9.63. The third-order valence-electron chi connectivity index (χ3n) is 5.83. The summed E-state index contributed by atoms with van der Waals surface area (Å²) in [6.07, 6.45) is 3.73. The molecular weight excluding hydrogens is 368 g/mol. The molecule has 1 aromatic carbocycles. The summed E-state index contributed by atoms with van der Waals surface area (Å²) in [5.74, 6) is -0.125. The average Bonchev–Trinajstić information content (AvgIpc) is 3.12. The summed E-state index contributed by atoms with van der Waals surface area (Å²) in [5.41, 5.74) is 3.90. The van der Waals surface area contributed by atoms with Crippen LogP contribution in [0.3, 0.4) is 0 Å². The molecule has 0 radical (unpaired) electrons. The average molecular weight is 392 g/mol. The Balaban J connectivity index is 1.57. The van der Waals surface area contributed by atoms with Crippen LogP contribution in [-0.2, 0) is 10.8 Å². The monoisotopic (exact) mass is 392 g/mol. The SMILES string of the molecule is CC1(C)CCC(C)(C)c2cc(C(=O)Nc3ccc(-c4noc(=O)[nH]4)cn3)ccc21. The highest BCUT2D eigenvalue weighted by Gasteiger charge is 2.37. The highest BCUT2D eigenvalue weighted by molar-refractivity contribution is 6.04. The molecule has 0 atom stereocenters. The number of anilines is 1. The lowest BCUT2D eigenvalue weighted by molar-refractivity contribution is 0.102. The number of pyridine rings is 1. The van der Waals surface area contributed by atoms with Gasteiger partial charge in [0.2, 0.25) is 0 Å². The van der Waals surface area contributed by atoms with Gasteiger partial charge in [-0.2, -0.15) is 0 Å². The lowest BCUT2D eigenvalue weighted by Gasteiger charge is -2.42. The van der Waals surface area contributed by atoms with Crippen LogP contribution in [0, 0.1) is 0 Å². The minimum atomic E-state index is -0.629. The second-order valence-corrected chi connectivity index (χ2v) is 8.86. The van der Waals surface area contributed by atoms with Crippen LogP contribution in [0.2, 0.25) is 0 Å². The Morgan fingerprint density at radius 3 is 2.41 bits per heavy atom. The zero-order valence-corrected chi connectivity index (χ0v) is 17.0. The maximum atomic E-state index is 12.8. The number of nitrogens with zero attached hydrogens (tertiary/aromatic N) is 2. The molecule has 0 fully saturated rings. The van der Waals surface area contributed by atoms with Crippen molar-refractivity contribution in [3.05, 3.63) is 63.8 Å². The van der Waals surface area contributed by atoms with Crippen molar-refractivity contribution in [1.29, 1.82) is 0 Å². The Morgan fingerprint density at radius 1 is 1.07 bits per heavy atom. The van der Waals surface area contributed by atoms with Crippen LogP contribution in [0.1, 0.15) is 62.0 Å². The van der Waals surface area contributed by atoms with E-state index < -0.39 is 5.76 Å². The predicted molar refractivity (Wildman–Crippen MR) is 110 cm³/mol. The van der Waals surface area contributed by atoms with Gasteiger partial charge >= 0.3 is 5.76 Å². The number of nitrogens with one attached hydrogen (secondary N) is 2. The first-order chi connectivity index (χ1) is 13.7. The number of aromatic nitrogens is 3. The van der Waals surface area contributed by atoms with E-state index in [0.717, 1.165) is 12.8 Å². The van der Waals surface area contributed by atoms with Crippen molar-refractivity contribution in [2.75, 3.05) is 5.32 Å². The summed E-state index contributed by atoms with van der Waals surface area (Å²) in [7, 11) is 0. The fourth-order valence-electron chi connectivity index (χ4n) is 3.88. The molecule has 2 aromatic heterocycles. The van der Waals surface area contributed by atoms with Gasteiger partial charge in [0.1, 0.15) is 5.82 Å². The maximum absolute atomic E-state index is 12.8. The van der Waals surface area contributed by atoms with E-state index in [0.29, 0.717) is 22.8 Å². The zero-order valence-electron chi connectivity index (χ0n) is 17.0. The zero-order chi connectivity index (χ0) is 20.8. The Bertz CT molecular complexity index is 1120. The van der Waals surface area contributed by atoms with Crippen LogP contribution in [-0.4, -0.2) is 21.0 Å². The van der Waals surface area contributed by atoms with Crippen LogP contribution < -0.4 is 11.1 Å². The van der Waals surface area contributed by atoms with E-state index in [4.69, 9.17) is 0 Å². The van der Waals surface area contributed by atoms with Crippen molar-refractivity contribution in [3.63, 3.8) is 0 Å². The minimum Gasteiger partial charge on any atom is -0.307 e. The minimum absolute atomic E-state index is 0.0373. The fourth-order valence-corrected chi connectivity index (χ4v) is 3.88. The van der Waals surface area contributed by atoms with Gasteiger partial charge in [-0.05, 0) is 59.1 Å². The van der Waals surface area contributed by atoms with Gasteiger partial charge in [-0.15, -0.1) is 0 Å². The molecule has 7 heteroatoms. The highest BCUT2D eigenvalue weighted by Crippen LogP contribution is 2.45. The normalized spacial score (nSPS) is 16.8. The summed E-state index contributed by atoms with van der Waals surface area (Å²) in [4.78, 5) is 30.6. The molecule has 0 saturated carbocycles. The van der Waals surface area contributed by atoms with Crippen molar-refractivity contribution in [3.8, 4) is 11.4 Å². The van der Waals surface area contributed by atoms with E-state index in [1.165, 1.54) is 17.3 Å².